The minimum atomic E-state index is -0.470. The lowest BCUT2D eigenvalue weighted by Crippen LogP contribution is -2.21. The SMILES string of the molecule is O=c1c2cccc3c2c(nn1-c1ccc([N+](=O)[O-])cc1)-c1ccccc1-3. The average Bonchev–Trinajstić information content (AvgIpc) is 3.00. The highest BCUT2D eigenvalue weighted by Crippen LogP contribution is 2.44. The number of rotatable bonds is 2. The Morgan fingerprint density at radius 1 is 0.846 bits per heavy atom. The van der Waals surface area contributed by atoms with Gasteiger partial charge in [0.05, 0.1) is 16.0 Å². The third-order valence-electron chi connectivity index (χ3n) is 4.70. The standard InChI is InChI=1S/C20H11N3O3/c24-20-17-7-3-6-15-14-4-1-2-5-16(14)19(18(15)17)21-22(20)12-8-10-13(11-9-12)23(25)26/h1-11H. The minimum Gasteiger partial charge on any atom is -0.267 e. The van der Waals surface area contributed by atoms with E-state index in [1.807, 2.05) is 36.4 Å². The summed E-state index contributed by atoms with van der Waals surface area (Å²) >= 11 is 0. The fourth-order valence-corrected chi connectivity index (χ4v) is 3.52. The van der Waals surface area contributed by atoms with Crippen LogP contribution in [0.25, 0.3) is 38.8 Å². The quantitative estimate of drug-likeness (QED) is 0.360. The van der Waals surface area contributed by atoms with Gasteiger partial charge < -0.3 is 0 Å². The van der Waals surface area contributed by atoms with E-state index in [0.29, 0.717) is 11.1 Å². The Kier molecular flexibility index (Phi) is 2.85. The van der Waals surface area contributed by atoms with Gasteiger partial charge in [-0.25, -0.2) is 0 Å². The molecule has 124 valence electrons. The van der Waals surface area contributed by atoms with Crippen LogP contribution in [0.15, 0.2) is 71.5 Å². The topological polar surface area (TPSA) is 78.0 Å². The number of nitro groups is 1. The molecule has 0 N–H and O–H groups in total. The van der Waals surface area contributed by atoms with E-state index in [9.17, 15) is 14.9 Å². The van der Waals surface area contributed by atoms with Gasteiger partial charge in [0.1, 0.15) is 5.69 Å². The third-order valence-corrected chi connectivity index (χ3v) is 4.70. The summed E-state index contributed by atoms with van der Waals surface area (Å²) in [5.74, 6) is 0. The van der Waals surface area contributed by atoms with Gasteiger partial charge in [-0.2, -0.15) is 9.78 Å². The van der Waals surface area contributed by atoms with E-state index in [1.54, 1.807) is 6.07 Å². The molecule has 4 aromatic rings. The first-order valence-electron chi connectivity index (χ1n) is 8.06. The maximum Gasteiger partial charge on any atom is 0.279 e. The van der Waals surface area contributed by atoms with Crippen molar-refractivity contribution in [3.8, 4) is 28.1 Å². The first-order valence-corrected chi connectivity index (χ1v) is 8.06. The Morgan fingerprint density at radius 3 is 2.27 bits per heavy atom. The molecule has 0 amide bonds. The molecule has 1 aromatic heterocycles. The Bertz CT molecular complexity index is 1270. The second-order valence-electron chi connectivity index (χ2n) is 6.11. The van der Waals surface area contributed by atoms with Crippen molar-refractivity contribution in [1.29, 1.82) is 0 Å². The van der Waals surface area contributed by atoms with E-state index >= 15 is 0 Å². The van der Waals surface area contributed by atoms with Crippen LogP contribution in [0.1, 0.15) is 0 Å². The maximum absolute atomic E-state index is 13.0. The van der Waals surface area contributed by atoms with Gasteiger partial charge in [0.2, 0.25) is 0 Å². The van der Waals surface area contributed by atoms with E-state index < -0.39 is 4.92 Å². The van der Waals surface area contributed by atoms with Crippen molar-refractivity contribution in [2.24, 2.45) is 0 Å². The van der Waals surface area contributed by atoms with Crippen LogP contribution < -0.4 is 5.56 Å². The number of nitrogens with zero attached hydrogens (tertiary/aromatic N) is 3. The number of benzene rings is 3. The number of nitro benzene ring substituents is 1. The Morgan fingerprint density at radius 2 is 1.54 bits per heavy atom. The third kappa shape index (κ3) is 1.86. The van der Waals surface area contributed by atoms with Crippen LogP contribution in [-0.4, -0.2) is 14.7 Å². The largest absolute Gasteiger partial charge is 0.279 e. The van der Waals surface area contributed by atoms with Crippen LogP contribution in [0, 0.1) is 10.1 Å². The zero-order chi connectivity index (χ0) is 17.8. The first-order chi connectivity index (χ1) is 12.6. The number of fused-ring (bicyclic) bond motifs is 3. The van der Waals surface area contributed by atoms with Gasteiger partial charge in [-0.3, -0.25) is 14.9 Å². The summed E-state index contributed by atoms with van der Waals surface area (Å²) in [7, 11) is 0. The summed E-state index contributed by atoms with van der Waals surface area (Å²) in [6.07, 6.45) is 0. The lowest BCUT2D eigenvalue weighted by Gasteiger charge is -2.08. The maximum atomic E-state index is 13.0. The molecule has 1 aliphatic rings. The van der Waals surface area contributed by atoms with Crippen LogP contribution in [-0.2, 0) is 0 Å². The highest BCUT2D eigenvalue weighted by Gasteiger charge is 2.25. The van der Waals surface area contributed by atoms with Gasteiger partial charge in [-0.05, 0) is 29.3 Å². The van der Waals surface area contributed by atoms with E-state index in [4.69, 9.17) is 0 Å². The average molecular weight is 341 g/mol. The molecule has 5 rings (SSSR count). The summed E-state index contributed by atoms with van der Waals surface area (Å²) in [5.41, 5.74) is 4.02. The molecular formula is C20H11N3O3. The number of hydrogen-bond acceptors (Lipinski definition) is 4. The summed E-state index contributed by atoms with van der Waals surface area (Å²) in [4.78, 5) is 23.4. The Balaban J connectivity index is 1.83. The van der Waals surface area contributed by atoms with Crippen LogP contribution in [0.2, 0.25) is 0 Å². The summed E-state index contributed by atoms with van der Waals surface area (Å²) < 4.78 is 1.31. The monoisotopic (exact) mass is 341 g/mol. The van der Waals surface area contributed by atoms with Crippen LogP contribution in [0.3, 0.4) is 0 Å². The fourth-order valence-electron chi connectivity index (χ4n) is 3.52. The molecular weight excluding hydrogens is 330 g/mol. The molecule has 1 aliphatic carbocycles. The molecule has 0 bridgehead atoms. The second kappa shape index (κ2) is 5.10. The van der Waals surface area contributed by atoms with E-state index in [-0.39, 0.29) is 11.2 Å². The van der Waals surface area contributed by atoms with Crippen molar-refractivity contribution in [1.82, 2.24) is 9.78 Å². The van der Waals surface area contributed by atoms with Crippen molar-refractivity contribution >= 4 is 16.5 Å². The van der Waals surface area contributed by atoms with Crippen molar-refractivity contribution in [2.45, 2.75) is 0 Å². The molecule has 6 nitrogen and oxygen atoms in total. The first kappa shape index (κ1) is 14.5. The molecule has 0 saturated carbocycles. The number of aromatic nitrogens is 2. The molecule has 3 aromatic carbocycles. The summed E-state index contributed by atoms with van der Waals surface area (Å²) in [6.45, 7) is 0. The highest BCUT2D eigenvalue weighted by molar-refractivity contribution is 6.13. The van der Waals surface area contributed by atoms with Crippen LogP contribution in [0.5, 0.6) is 0 Å². The molecule has 0 saturated heterocycles. The Hall–Kier alpha value is -3.80. The molecule has 0 atom stereocenters. The zero-order valence-electron chi connectivity index (χ0n) is 13.4. The minimum absolute atomic E-state index is 0.0280. The van der Waals surface area contributed by atoms with E-state index in [2.05, 4.69) is 5.10 Å². The molecule has 0 radical (unpaired) electrons. The molecule has 0 fully saturated rings. The Labute approximate surface area is 147 Å². The van der Waals surface area contributed by atoms with E-state index in [0.717, 1.165) is 27.8 Å². The normalized spacial score (nSPS) is 11.5. The van der Waals surface area contributed by atoms with Gasteiger partial charge in [0.25, 0.3) is 11.2 Å². The van der Waals surface area contributed by atoms with Gasteiger partial charge in [0, 0.05) is 23.1 Å². The van der Waals surface area contributed by atoms with Crippen molar-refractivity contribution < 1.29 is 4.92 Å². The van der Waals surface area contributed by atoms with Crippen LogP contribution in [0.4, 0.5) is 5.69 Å². The summed E-state index contributed by atoms with van der Waals surface area (Å²) in [6, 6.07) is 19.4. The zero-order valence-corrected chi connectivity index (χ0v) is 13.4. The number of hydrogen-bond donors (Lipinski definition) is 0. The molecule has 26 heavy (non-hydrogen) atoms. The predicted molar refractivity (Wildman–Crippen MR) is 98.4 cm³/mol. The van der Waals surface area contributed by atoms with Gasteiger partial charge in [-0.1, -0.05) is 36.4 Å². The van der Waals surface area contributed by atoms with Crippen molar-refractivity contribution in [3.63, 3.8) is 0 Å². The van der Waals surface area contributed by atoms with Crippen molar-refractivity contribution in [3.05, 3.63) is 87.2 Å². The second-order valence-corrected chi connectivity index (χ2v) is 6.11. The molecule has 1 heterocycles. The molecule has 0 aliphatic heterocycles. The molecule has 6 heteroatoms. The van der Waals surface area contributed by atoms with E-state index in [1.165, 1.54) is 28.9 Å². The van der Waals surface area contributed by atoms with Gasteiger partial charge >= 0.3 is 0 Å². The summed E-state index contributed by atoms with van der Waals surface area (Å²) in [5, 5.41) is 16.9. The number of non-ortho nitro benzene ring substituents is 1. The van der Waals surface area contributed by atoms with Crippen molar-refractivity contribution in [2.75, 3.05) is 0 Å². The molecule has 0 unspecified atom stereocenters. The van der Waals surface area contributed by atoms with Gasteiger partial charge in [-0.15, -0.1) is 0 Å². The predicted octanol–water partition coefficient (Wildman–Crippen LogP) is 3.94. The fraction of sp³-hybridized carbons (Fsp3) is 0. The lowest BCUT2D eigenvalue weighted by molar-refractivity contribution is -0.384. The smallest absolute Gasteiger partial charge is 0.267 e. The van der Waals surface area contributed by atoms with Gasteiger partial charge in [0.15, 0.2) is 0 Å². The highest BCUT2D eigenvalue weighted by atomic mass is 16.6. The van der Waals surface area contributed by atoms with Crippen LogP contribution >= 0.6 is 0 Å². The molecule has 0 spiro atoms. The lowest BCUT2D eigenvalue weighted by atomic mass is 10.0.